The van der Waals surface area contributed by atoms with Crippen molar-refractivity contribution in [3.63, 3.8) is 0 Å². The highest BCUT2D eigenvalue weighted by molar-refractivity contribution is 5.95. The summed E-state index contributed by atoms with van der Waals surface area (Å²) in [5.41, 5.74) is 3.35. The largest absolute Gasteiger partial charge is 0.352 e. The topological polar surface area (TPSA) is 34.0 Å². The molecule has 118 valence electrons. The molecule has 2 aromatic rings. The van der Waals surface area contributed by atoms with Crippen LogP contribution in [-0.2, 0) is 0 Å². The Balaban J connectivity index is 2.23. The van der Waals surface area contributed by atoms with Gasteiger partial charge in [-0.3, -0.25) is 4.79 Å². The van der Waals surface area contributed by atoms with Gasteiger partial charge in [0.1, 0.15) is 5.82 Å². The van der Waals surface area contributed by atoms with Gasteiger partial charge in [0, 0.05) is 23.6 Å². The number of hydrogen-bond donors (Lipinski definition) is 1. The summed E-state index contributed by atoms with van der Waals surface area (Å²) in [4.78, 5) is 12.3. The average molecular weight is 302 g/mol. The second kappa shape index (κ2) is 6.77. The van der Waals surface area contributed by atoms with Crippen LogP contribution in [0.2, 0.25) is 0 Å². The second-order valence-electron chi connectivity index (χ2n) is 6.04. The normalized spacial score (nSPS) is 11.0. The molecule has 2 rings (SSSR count). The zero-order valence-corrected chi connectivity index (χ0v) is 13.6. The Morgan fingerprint density at radius 3 is 2.45 bits per heavy atom. The Hall–Kier alpha value is -2.10. The van der Waals surface area contributed by atoms with Gasteiger partial charge in [-0.25, -0.2) is 4.39 Å². The number of aromatic nitrogens is 1. The molecule has 0 unspecified atom stereocenters. The number of carbonyl (C=O) groups excluding carboxylic acids is 1. The molecule has 1 N–H and O–H groups in total. The van der Waals surface area contributed by atoms with E-state index in [2.05, 4.69) is 19.2 Å². The second-order valence-corrected chi connectivity index (χ2v) is 6.04. The lowest BCUT2D eigenvalue weighted by Gasteiger charge is -2.10. The summed E-state index contributed by atoms with van der Waals surface area (Å²) in [7, 11) is 0. The molecule has 0 saturated carbocycles. The van der Waals surface area contributed by atoms with Gasteiger partial charge in [-0.1, -0.05) is 13.8 Å². The van der Waals surface area contributed by atoms with Gasteiger partial charge in [-0.05, 0) is 56.5 Å². The molecule has 3 nitrogen and oxygen atoms in total. The summed E-state index contributed by atoms with van der Waals surface area (Å²) in [5.74, 6) is 0.243. The lowest BCUT2D eigenvalue weighted by Crippen LogP contribution is -2.25. The van der Waals surface area contributed by atoms with Crippen molar-refractivity contribution in [1.82, 2.24) is 9.88 Å². The fourth-order valence-corrected chi connectivity index (χ4v) is 2.55. The van der Waals surface area contributed by atoms with Gasteiger partial charge in [0.15, 0.2) is 0 Å². The molecule has 0 atom stereocenters. The number of rotatable bonds is 5. The first-order chi connectivity index (χ1) is 10.4. The van der Waals surface area contributed by atoms with Crippen molar-refractivity contribution < 1.29 is 9.18 Å². The third-order valence-electron chi connectivity index (χ3n) is 3.77. The Kier molecular flexibility index (Phi) is 5.01. The highest BCUT2D eigenvalue weighted by Crippen LogP contribution is 2.21. The fraction of sp³-hybridized carbons (Fsp3) is 0.389. The highest BCUT2D eigenvalue weighted by atomic mass is 19.1. The molecule has 1 amide bonds. The molecule has 22 heavy (non-hydrogen) atoms. The average Bonchev–Trinajstić information content (AvgIpc) is 2.75. The van der Waals surface area contributed by atoms with Crippen molar-refractivity contribution in [3.8, 4) is 5.69 Å². The molecular weight excluding hydrogens is 279 g/mol. The van der Waals surface area contributed by atoms with Crippen LogP contribution >= 0.6 is 0 Å². The van der Waals surface area contributed by atoms with E-state index in [0.717, 1.165) is 23.5 Å². The standard InChI is InChI=1S/C18H23FN2O/c1-12(2)9-10-20-18(22)17-11-13(3)21(14(17)4)16-7-5-15(19)6-8-16/h5-8,11-12H,9-10H2,1-4H3,(H,20,22). The van der Waals surface area contributed by atoms with Crippen molar-refractivity contribution >= 4 is 5.91 Å². The van der Waals surface area contributed by atoms with Crippen molar-refractivity contribution in [3.05, 3.63) is 53.1 Å². The van der Waals surface area contributed by atoms with E-state index in [4.69, 9.17) is 0 Å². The third kappa shape index (κ3) is 3.56. The molecule has 1 aromatic carbocycles. The fourth-order valence-electron chi connectivity index (χ4n) is 2.55. The number of hydrogen-bond acceptors (Lipinski definition) is 1. The number of nitrogens with one attached hydrogen (secondary N) is 1. The van der Waals surface area contributed by atoms with Crippen LogP contribution in [0.5, 0.6) is 0 Å². The van der Waals surface area contributed by atoms with Crippen LogP contribution < -0.4 is 5.32 Å². The molecule has 0 saturated heterocycles. The Morgan fingerprint density at radius 1 is 1.23 bits per heavy atom. The molecule has 0 radical (unpaired) electrons. The van der Waals surface area contributed by atoms with E-state index in [9.17, 15) is 9.18 Å². The monoisotopic (exact) mass is 302 g/mol. The number of halogens is 1. The lowest BCUT2D eigenvalue weighted by atomic mass is 10.1. The van der Waals surface area contributed by atoms with E-state index in [1.807, 2.05) is 24.5 Å². The SMILES string of the molecule is Cc1cc(C(=O)NCCC(C)C)c(C)n1-c1ccc(F)cc1. The molecule has 1 aromatic heterocycles. The Bertz CT molecular complexity index is 656. The molecular formula is C18H23FN2O. The molecule has 4 heteroatoms. The van der Waals surface area contributed by atoms with Crippen LogP contribution in [0.25, 0.3) is 5.69 Å². The van der Waals surface area contributed by atoms with Gasteiger partial charge in [-0.2, -0.15) is 0 Å². The molecule has 1 heterocycles. The van der Waals surface area contributed by atoms with Crippen LogP contribution in [0, 0.1) is 25.6 Å². The first kappa shape index (κ1) is 16.3. The van der Waals surface area contributed by atoms with E-state index < -0.39 is 0 Å². The molecule has 0 bridgehead atoms. The minimum Gasteiger partial charge on any atom is -0.352 e. The summed E-state index contributed by atoms with van der Waals surface area (Å²) in [6, 6.07) is 8.17. The Labute approximate surface area is 131 Å². The summed E-state index contributed by atoms with van der Waals surface area (Å²) < 4.78 is 15.0. The van der Waals surface area contributed by atoms with Crippen molar-refractivity contribution in [2.24, 2.45) is 5.92 Å². The Morgan fingerprint density at radius 2 is 1.86 bits per heavy atom. The third-order valence-corrected chi connectivity index (χ3v) is 3.77. The van der Waals surface area contributed by atoms with E-state index >= 15 is 0 Å². The molecule has 0 spiro atoms. The smallest absolute Gasteiger partial charge is 0.253 e. The van der Waals surface area contributed by atoms with Crippen LogP contribution in [0.15, 0.2) is 30.3 Å². The van der Waals surface area contributed by atoms with Crippen LogP contribution in [-0.4, -0.2) is 17.0 Å². The maximum Gasteiger partial charge on any atom is 0.253 e. The molecule has 0 fully saturated rings. The zero-order chi connectivity index (χ0) is 16.3. The predicted molar refractivity (Wildman–Crippen MR) is 87.0 cm³/mol. The van der Waals surface area contributed by atoms with Gasteiger partial charge in [0.25, 0.3) is 5.91 Å². The molecule has 0 aliphatic heterocycles. The minimum absolute atomic E-state index is 0.0536. The van der Waals surface area contributed by atoms with Crippen molar-refractivity contribution in [1.29, 1.82) is 0 Å². The van der Waals surface area contributed by atoms with Gasteiger partial charge >= 0.3 is 0 Å². The van der Waals surface area contributed by atoms with Crippen molar-refractivity contribution in [2.45, 2.75) is 34.1 Å². The zero-order valence-electron chi connectivity index (χ0n) is 13.6. The van der Waals surface area contributed by atoms with E-state index in [1.165, 1.54) is 12.1 Å². The summed E-state index contributed by atoms with van der Waals surface area (Å²) in [5, 5.41) is 2.96. The quantitative estimate of drug-likeness (QED) is 0.889. The number of nitrogens with zero attached hydrogens (tertiary/aromatic N) is 1. The number of benzene rings is 1. The van der Waals surface area contributed by atoms with Gasteiger partial charge in [-0.15, -0.1) is 0 Å². The number of aryl methyl sites for hydroxylation is 1. The maximum absolute atomic E-state index is 13.1. The summed E-state index contributed by atoms with van der Waals surface area (Å²) in [6.07, 6.45) is 0.961. The number of carbonyl (C=O) groups is 1. The number of amides is 1. The molecule has 0 aliphatic rings. The van der Waals surface area contributed by atoms with Gasteiger partial charge in [0.05, 0.1) is 5.56 Å². The predicted octanol–water partition coefficient (Wildman–Crippen LogP) is 4.01. The minimum atomic E-state index is -0.266. The molecule has 0 aliphatic carbocycles. The van der Waals surface area contributed by atoms with Crippen LogP contribution in [0.3, 0.4) is 0 Å². The lowest BCUT2D eigenvalue weighted by molar-refractivity contribution is 0.0951. The first-order valence-corrected chi connectivity index (χ1v) is 7.63. The van der Waals surface area contributed by atoms with Gasteiger partial charge < -0.3 is 9.88 Å². The van der Waals surface area contributed by atoms with Crippen LogP contribution in [0.4, 0.5) is 4.39 Å². The van der Waals surface area contributed by atoms with Crippen molar-refractivity contribution in [2.75, 3.05) is 6.54 Å². The van der Waals surface area contributed by atoms with E-state index in [1.54, 1.807) is 12.1 Å². The van der Waals surface area contributed by atoms with Gasteiger partial charge in [0.2, 0.25) is 0 Å². The maximum atomic E-state index is 13.1. The van der Waals surface area contributed by atoms with Crippen LogP contribution in [0.1, 0.15) is 42.0 Å². The highest BCUT2D eigenvalue weighted by Gasteiger charge is 2.16. The first-order valence-electron chi connectivity index (χ1n) is 7.63. The van der Waals surface area contributed by atoms with E-state index in [-0.39, 0.29) is 11.7 Å². The summed E-state index contributed by atoms with van der Waals surface area (Å²) >= 11 is 0. The summed E-state index contributed by atoms with van der Waals surface area (Å²) in [6.45, 7) is 8.80. The van der Waals surface area contributed by atoms with E-state index in [0.29, 0.717) is 18.0 Å².